The Bertz CT molecular complexity index is 804. The van der Waals surface area contributed by atoms with Crippen molar-refractivity contribution < 1.29 is 23.1 Å². The molecule has 1 aliphatic heterocycles. The van der Waals surface area contributed by atoms with Crippen molar-refractivity contribution in [2.75, 3.05) is 19.6 Å². The lowest BCUT2D eigenvalue weighted by atomic mass is 10.0. The summed E-state index contributed by atoms with van der Waals surface area (Å²) in [4.78, 5) is 22.1. The van der Waals surface area contributed by atoms with Crippen LogP contribution in [0.4, 0.5) is 13.2 Å². The number of aliphatic hydroxyl groups excluding tert-OH is 1. The lowest BCUT2D eigenvalue weighted by Crippen LogP contribution is -2.47. The van der Waals surface area contributed by atoms with Gasteiger partial charge in [0.05, 0.1) is 18.7 Å². The normalized spacial score (nSPS) is 16.1. The van der Waals surface area contributed by atoms with E-state index in [9.17, 15) is 23.1 Å². The zero-order valence-electron chi connectivity index (χ0n) is 15.1. The summed E-state index contributed by atoms with van der Waals surface area (Å²) in [5.41, 5.74) is 1.65. The van der Waals surface area contributed by atoms with Gasteiger partial charge in [0.1, 0.15) is 0 Å². The number of carbonyl (C=O) groups is 1. The zero-order chi connectivity index (χ0) is 20.1. The van der Waals surface area contributed by atoms with Crippen LogP contribution in [0, 0.1) is 0 Å². The van der Waals surface area contributed by atoms with Gasteiger partial charge >= 0.3 is 6.18 Å². The average Bonchev–Trinajstić information content (AvgIpc) is 2.68. The van der Waals surface area contributed by atoms with Crippen LogP contribution in [0.15, 0.2) is 36.7 Å². The molecular weight excluding hydrogens is 373 g/mol. The maximum Gasteiger partial charge on any atom is 0.401 e. The maximum atomic E-state index is 12.4. The van der Waals surface area contributed by atoms with Crippen molar-refractivity contribution in [2.24, 2.45) is 0 Å². The molecule has 9 heteroatoms. The maximum absolute atomic E-state index is 12.4. The fourth-order valence-electron chi connectivity index (χ4n) is 3.22. The molecular formula is C19H21F3N4O2. The molecule has 3 rings (SSSR count). The highest BCUT2D eigenvalue weighted by molar-refractivity contribution is 5.93. The molecule has 2 aromatic rings. The minimum Gasteiger partial charge on any atom is -0.392 e. The number of nitrogens with one attached hydrogen (secondary N) is 1. The number of aromatic nitrogens is 2. The second-order valence-electron chi connectivity index (χ2n) is 6.75. The van der Waals surface area contributed by atoms with Gasteiger partial charge in [0.15, 0.2) is 5.82 Å². The predicted octanol–water partition coefficient (Wildman–Crippen LogP) is 2.39. The van der Waals surface area contributed by atoms with E-state index in [2.05, 4.69) is 15.3 Å². The molecule has 0 spiro atoms. The number of rotatable bonds is 5. The second kappa shape index (κ2) is 8.66. The average molecular weight is 394 g/mol. The molecule has 0 atom stereocenters. The molecule has 1 amide bonds. The van der Waals surface area contributed by atoms with Gasteiger partial charge in [-0.1, -0.05) is 24.3 Å². The Morgan fingerprint density at radius 2 is 1.82 bits per heavy atom. The van der Waals surface area contributed by atoms with Crippen molar-refractivity contribution in [2.45, 2.75) is 31.7 Å². The standard InChI is InChI=1S/C19H21F3N4O2/c20-19(21,22)12-26-7-5-15(6-8-26)25-18(28)14-9-23-17(24-10-14)16-4-2-1-3-13(16)11-27/h1-4,9-10,15,27H,5-8,11-12H2,(H,25,28). The number of alkyl halides is 3. The molecule has 6 nitrogen and oxygen atoms in total. The van der Waals surface area contributed by atoms with Gasteiger partial charge in [-0.05, 0) is 18.4 Å². The van der Waals surface area contributed by atoms with Gasteiger partial charge in [0, 0.05) is 37.1 Å². The van der Waals surface area contributed by atoms with Gasteiger partial charge in [0.2, 0.25) is 0 Å². The monoisotopic (exact) mass is 394 g/mol. The van der Waals surface area contributed by atoms with Crippen LogP contribution in [0.5, 0.6) is 0 Å². The van der Waals surface area contributed by atoms with Gasteiger partial charge in [-0.3, -0.25) is 9.69 Å². The molecule has 0 aliphatic carbocycles. The Morgan fingerprint density at radius 1 is 1.18 bits per heavy atom. The van der Waals surface area contributed by atoms with Crippen LogP contribution in [0.25, 0.3) is 11.4 Å². The van der Waals surface area contributed by atoms with E-state index < -0.39 is 12.7 Å². The summed E-state index contributed by atoms with van der Waals surface area (Å²) < 4.78 is 37.3. The Morgan fingerprint density at radius 3 is 2.43 bits per heavy atom. The zero-order valence-corrected chi connectivity index (χ0v) is 15.1. The van der Waals surface area contributed by atoms with Gasteiger partial charge in [-0.2, -0.15) is 13.2 Å². The summed E-state index contributed by atoms with van der Waals surface area (Å²) in [7, 11) is 0. The van der Waals surface area contributed by atoms with Crippen LogP contribution in [0.2, 0.25) is 0 Å². The molecule has 1 fully saturated rings. The van der Waals surface area contributed by atoms with Gasteiger partial charge in [-0.15, -0.1) is 0 Å². The SMILES string of the molecule is O=C(NC1CCN(CC(F)(F)F)CC1)c1cnc(-c2ccccc2CO)nc1. The molecule has 28 heavy (non-hydrogen) atoms. The van der Waals surface area contributed by atoms with Gasteiger partial charge in [-0.25, -0.2) is 9.97 Å². The van der Waals surface area contributed by atoms with E-state index in [-0.39, 0.29) is 37.2 Å². The molecule has 1 aliphatic rings. The van der Waals surface area contributed by atoms with Crippen LogP contribution in [-0.2, 0) is 6.61 Å². The number of aliphatic hydroxyl groups is 1. The van der Waals surface area contributed by atoms with Crippen LogP contribution in [0.3, 0.4) is 0 Å². The molecule has 0 radical (unpaired) electrons. The third kappa shape index (κ3) is 5.26. The number of likely N-dealkylation sites (tertiary alicyclic amines) is 1. The van der Waals surface area contributed by atoms with Crippen LogP contribution in [0.1, 0.15) is 28.8 Å². The highest BCUT2D eigenvalue weighted by Crippen LogP contribution is 2.21. The van der Waals surface area contributed by atoms with Crippen molar-refractivity contribution in [1.29, 1.82) is 0 Å². The van der Waals surface area contributed by atoms with E-state index in [1.807, 2.05) is 6.07 Å². The number of halogens is 3. The minimum absolute atomic E-state index is 0.144. The summed E-state index contributed by atoms with van der Waals surface area (Å²) in [6, 6.07) is 6.99. The fraction of sp³-hybridized carbons (Fsp3) is 0.421. The summed E-state index contributed by atoms with van der Waals surface area (Å²) in [5, 5.41) is 12.2. The molecule has 2 heterocycles. The first-order chi connectivity index (χ1) is 13.4. The molecule has 0 saturated carbocycles. The lowest BCUT2D eigenvalue weighted by molar-refractivity contribution is -0.148. The highest BCUT2D eigenvalue weighted by Gasteiger charge is 2.32. The Balaban J connectivity index is 1.57. The van der Waals surface area contributed by atoms with Gasteiger partial charge in [0.25, 0.3) is 5.91 Å². The minimum atomic E-state index is -4.20. The highest BCUT2D eigenvalue weighted by atomic mass is 19.4. The van der Waals surface area contributed by atoms with Crippen molar-refractivity contribution >= 4 is 5.91 Å². The van der Waals surface area contributed by atoms with E-state index in [0.717, 1.165) is 0 Å². The number of hydrogen-bond acceptors (Lipinski definition) is 5. The third-order valence-corrected chi connectivity index (χ3v) is 4.67. The molecule has 0 bridgehead atoms. The molecule has 1 aromatic carbocycles. The molecule has 1 aromatic heterocycles. The van der Waals surface area contributed by atoms with E-state index in [1.165, 1.54) is 17.3 Å². The van der Waals surface area contributed by atoms with Crippen molar-refractivity contribution in [3.8, 4) is 11.4 Å². The molecule has 150 valence electrons. The van der Waals surface area contributed by atoms with E-state index >= 15 is 0 Å². The number of nitrogens with zero attached hydrogens (tertiary/aromatic N) is 3. The van der Waals surface area contributed by atoms with Gasteiger partial charge < -0.3 is 10.4 Å². The second-order valence-corrected chi connectivity index (χ2v) is 6.75. The molecule has 2 N–H and O–H groups in total. The number of carbonyl (C=O) groups excluding carboxylic acids is 1. The lowest BCUT2D eigenvalue weighted by Gasteiger charge is -2.32. The first-order valence-corrected chi connectivity index (χ1v) is 8.97. The number of amides is 1. The first kappa shape index (κ1) is 20.2. The Hall–Kier alpha value is -2.52. The topological polar surface area (TPSA) is 78.4 Å². The molecule has 0 unspecified atom stereocenters. The number of benzene rings is 1. The summed E-state index contributed by atoms with van der Waals surface area (Å²) in [6.07, 6.45) is -0.464. The van der Waals surface area contributed by atoms with Crippen molar-refractivity contribution in [3.63, 3.8) is 0 Å². The smallest absolute Gasteiger partial charge is 0.392 e. The quantitative estimate of drug-likeness (QED) is 0.814. The number of hydrogen-bond donors (Lipinski definition) is 2. The third-order valence-electron chi connectivity index (χ3n) is 4.67. The molecule has 1 saturated heterocycles. The van der Waals surface area contributed by atoms with E-state index in [4.69, 9.17) is 0 Å². The van der Waals surface area contributed by atoms with Crippen LogP contribution < -0.4 is 5.32 Å². The number of piperidine rings is 1. The predicted molar refractivity (Wildman–Crippen MR) is 96.4 cm³/mol. The Labute approximate surface area is 160 Å². The fourth-order valence-corrected chi connectivity index (χ4v) is 3.22. The first-order valence-electron chi connectivity index (χ1n) is 8.97. The van der Waals surface area contributed by atoms with Crippen molar-refractivity contribution in [3.05, 3.63) is 47.8 Å². The van der Waals surface area contributed by atoms with Crippen molar-refractivity contribution in [1.82, 2.24) is 20.2 Å². The summed E-state index contributed by atoms with van der Waals surface area (Å²) in [6.45, 7) is -0.483. The van der Waals surface area contributed by atoms with Crippen LogP contribution in [-0.4, -0.2) is 57.7 Å². The Kier molecular flexibility index (Phi) is 6.25. The summed E-state index contributed by atoms with van der Waals surface area (Å²) in [5.74, 6) is 0.0536. The van der Waals surface area contributed by atoms with E-state index in [1.54, 1.807) is 18.2 Å². The summed E-state index contributed by atoms with van der Waals surface area (Å²) >= 11 is 0. The largest absolute Gasteiger partial charge is 0.401 e. The van der Waals surface area contributed by atoms with Crippen LogP contribution >= 0.6 is 0 Å². The van der Waals surface area contributed by atoms with E-state index in [0.29, 0.717) is 29.8 Å².